The van der Waals surface area contributed by atoms with E-state index in [1.54, 1.807) is 24.3 Å². The van der Waals surface area contributed by atoms with Crippen molar-refractivity contribution in [2.24, 2.45) is 5.73 Å². The summed E-state index contributed by atoms with van der Waals surface area (Å²) in [6.45, 7) is 11.8. The largest absolute Gasteiger partial charge is 0.377 e. The number of anilines is 1. The van der Waals surface area contributed by atoms with Crippen LogP contribution in [0.15, 0.2) is 24.3 Å². The molecule has 28 heavy (non-hydrogen) atoms. The van der Waals surface area contributed by atoms with Gasteiger partial charge in [0.15, 0.2) is 0 Å². The molecule has 1 heterocycles. The van der Waals surface area contributed by atoms with E-state index in [9.17, 15) is 9.59 Å². The minimum Gasteiger partial charge on any atom is -0.377 e. The number of benzene rings is 1. The molecule has 0 unspecified atom stereocenters. The zero-order valence-corrected chi connectivity index (χ0v) is 17.3. The topological polar surface area (TPSA) is 87.9 Å². The summed E-state index contributed by atoms with van der Waals surface area (Å²) in [6.07, 6.45) is 2.18. The number of ether oxygens (including phenoxy) is 1. The summed E-state index contributed by atoms with van der Waals surface area (Å²) in [5.74, 6) is -0.527. The molecule has 0 radical (unpaired) electrons. The van der Waals surface area contributed by atoms with Crippen LogP contribution in [-0.4, -0.2) is 73.1 Å². The number of carbonyl (C=O) groups is 2. The monoisotopic (exact) mass is 390 g/mol. The van der Waals surface area contributed by atoms with Gasteiger partial charge in [0, 0.05) is 30.9 Å². The lowest BCUT2D eigenvalue weighted by Crippen LogP contribution is -2.47. The highest BCUT2D eigenvalue weighted by atomic mass is 16.5. The van der Waals surface area contributed by atoms with Crippen molar-refractivity contribution in [2.45, 2.75) is 45.8 Å². The van der Waals surface area contributed by atoms with Gasteiger partial charge < -0.3 is 20.7 Å². The van der Waals surface area contributed by atoms with Crippen molar-refractivity contribution in [2.75, 3.05) is 44.6 Å². The van der Waals surface area contributed by atoms with Crippen LogP contribution in [0.1, 0.15) is 44.0 Å². The van der Waals surface area contributed by atoms with E-state index in [4.69, 9.17) is 10.5 Å². The van der Waals surface area contributed by atoms with Crippen LogP contribution < -0.4 is 11.1 Å². The lowest BCUT2D eigenvalue weighted by molar-refractivity contribution is -0.121. The number of piperidine rings is 1. The van der Waals surface area contributed by atoms with Gasteiger partial charge >= 0.3 is 0 Å². The third-order valence-electron chi connectivity index (χ3n) is 5.50. The van der Waals surface area contributed by atoms with E-state index in [0.29, 0.717) is 11.3 Å². The molecule has 156 valence electrons. The maximum absolute atomic E-state index is 12.5. The van der Waals surface area contributed by atoms with Crippen LogP contribution in [0.5, 0.6) is 0 Å². The first kappa shape index (κ1) is 22.3. The molecule has 7 nitrogen and oxygen atoms in total. The molecular formula is C21H34N4O3. The number of rotatable bonds is 10. The number of nitrogens with two attached hydrogens (primary N) is 1. The molecule has 7 heteroatoms. The van der Waals surface area contributed by atoms with E-state index in [0.717, 1.165) is 52.2 Å². The van der Waals surface area contributed by atoms with Gasteiger partial charge in [0.05, 0.1) is 18.8 Å². The molecule has 1 aliphatic rings. The fourth-order valence-corrected chi connectivity index (χ4v) is 3.45. The molecule has 1 atom stereocenters. The van der Waals surface area contributed by atoms with Crippen LogP contribution in [0.4, 0.5) is 5.69 Å². The third-order valence-corrected chi connectivity index (χ3v) is 5.50. The van der Waals surface area contributed by atoms with Gasteiger partial charge in [-0.15, -0.1) is 0 Å². The highest BCUT2D eigenvalue weighted by molar-refractivity contribution is 5.96. The molecule has 2 amide bonds. The number of nitrogens with one attached hydrogen (secondary N) is 1. The second-order valence-corrected chi connectivity index (χ2v) is 7.24. The van der Waals surface area contributed by atoms with Crippen molar-refractivity contribution < 1.29 is 14.3 Å². The first-order valence-corrected chi connectivity index (χ1v) is 10.2. The van der Waals surface area contributed by atoms with Crippen LogP contribution in [0.25, 0.3) is 0 Å². The predicted molar refractivity (Wildman–Crippen MR) is 111 cm³/mol. The standard InChI is InChI=1S/C21H34N4O3/c1-4-24(5-2)14-15-28-19-10-12-25(13-11-19)16(3)21(27)23-18-8-6-17(7-9-18)20(22)26/h6-9,16,19H,4-5,10-15H2,1-3H3,(H2,22,26)(H,23,27)/t16-/m1/s1. The number of nitrogens with zero attached hydrogens (tertiary/aromatic N) is 2. The van der Waals surface area contributed by atoms with Gasteiger partial charge in [-0.05, 0) is 57.1 Å². The molecule has 3 N–H and O–H groups in total. The predicted octanol–water partition coefficient (Wildman–Crippen LogP) is 1.94. The van der Waals surface area contributed by atoms with Crippen molar-refractivity contribution in [3.8, 4) is 0 Å². The zero-order valence-electron chi connectivity index (χ0n) is 17.3. The van der Waals surface area contributed by atoms with Crippen molar-refractivity contribution in [1.82, 2.24) is 9.80 Å². The quantitative estimate of drug-likeness (QED) is 0.637. The fourth-order valence-electron chi connectivity index (χ4n) is 3.45. The highest BCUT2D eigenvalue weighted by Gasteiger charge is 2.27. The van der Waals surface area contributed by atoms with E-state index < -0.39 is 5.91 Å². The van der Waals surface area contributed by atoms with Gasteiger partial charge in [-0.25, -0.2) is 0 Å². The lowest BCUT2D eigenvalue weighted by Gasteiger charge is -2.35. The molecule has 1 saturated heterocycles. The van der Waals surface area contributed by atoms with Crippen LogP contribution in [0.2, 0.25) is 0 Å². The van der Waals surface area contributed by atoms with E-state index in [1.807, 2.05) is 6.92 Å². The Morgan fingerprint density at radius 3 is 2.36 bits per heavy atom. The Kier molecular flexibility index (Phi) is 8.89. The Hall–Kier alpha value is -1.96. The van der Waals surface area contributed by atoms with E-state index in [-0.39, 0.29) is 18.1 Å². The molecule has 2 rings (SSSR count). The summed E-state index contributed by atoms with van der Waals surface area (Å²) in [7, 11) is 0. The number of likely N-dealkylation sites (N-methyl/N-ethyl adjacent to an activating group) is 1. The zero-order chi connectivity index (χ0) is 20.5. The smallest absolute Gasteiger partial charge is 0.248 e. The minimum absolute atomic E-state index is 0.0484. The van der Waals surface area contributed by atoms with Gasteiger partial charge in [0.1, 0.15) is 0 Å². The van der Waals surface area contributed by atoms with Gasteiger partial charge in [0.2, 0.25) is 11.8 Å². The summed E-state index contributed by atoms with van der Waals surface area (Å²) in [6, 6.07) is 6.40. The summed E-state index contributed by atoms with van der Waals surface area (Å²) < 4.78 is 6.03. The molecule has 0 aromatic heterocycles. The van der Waals surface area contributed by atoms with Crippen LogP contribution >= 0.6 is 0 Å². The molecule has 1 aromatic carbocycles. The average Bonchev–Trinajstić information content (AvgIpc) is 2.71. The van der Waals surface area contributed by atoms with E-state index in [2.05, 4.69) is 29.0 Å². The summed E-state index contributed by atoms with van der Waals surface area (Å²) in [4.78, 5) is 28.2. The Morgan fingerprint density at radius 1 is 1.21 bits per heavy atom. The van der Waals surface area contributed by atoms with Crippen molar-refractivity contribution in [3.63, 3.8) is 0 Å². The fraction of sp³-hybridized carbons (Fsp3) is 0.619. The molecule has 0 saturated carbocycles. The second kappa shape index (κ2) is 11.1. The Labute approximate surface area is 168 Å². The van der Waals surface area contributed by atoms with Crippen LogP contribution in [-0.2, 0) is 9.53 Å². The summed E-state index contributed by atoms with van der Waals surface area (Å²) in [5, 5.41) is 2.91. The number of hydrogen-bond acceptors (Lipinski definition) is 5. The third kappa shape index (κ3) is 6.58. The molecule has 0 bridgehead atoms. The minimum atomic E-state index is -0.478. The molecule has 0 aliphatic carbocycles. The number of likely N-dealkylation sites (tertiary alicyclic amines) is 1. The van der Waals surface area contributed by atoms with E-state index in [1.165, 1.54) is 0 Å². The number of primary amides is 1. The number of carbonyl (C=O) groups excluding carboxylic acids is 2. The summed E-state index contributed by atoms with van der Waals surface area (Å²) in [5.41, 5.74) is 6.32. The molecule has 1 fully saturated rings. The average molecular weight is 391 g/mol. The van der Waals surface area contributed by atoms with Gasteiger partial charge in [0.25, 0.3) is 0 Å². The van der Waals surface area contributed by atoms with Gasteiger partial charge in [-0.2, -0.15) is 0 Å². The summed E-state index contributed by atoms with van der Waals surface area (Å²) >= 11 is 0. The lowest BCUT2D eigenvalue weighted by atomic mass is 10.1. The molecule has 1 aromatic rings. The van der Waals surface area contributed by atoms with Crippen LogP contribution in [0.3, 0.4) is 0 Å². The maximum atomic E-state index is 12.5. The first-order valence-electron chi connectivity index (χ1n) is 10.2. The maximum Gasteiger partial charge on any atom is 0.248 e. The van der Waals surface area contributed by atoms with E-state index >= 15 is 0 Å². The van der Waals surface area contributed by atoms with Crippen LogP contribution in [0, 0.1) is 0 Å². The Bertz CT molecular complexity index is 623. The SMILES string of the molecule is CCN(CC)CCOC1CCN([C@H](C)C(=O)Nc2ccc(C(N)=O)cc2)CC1. The number of hydrogen-bond donors (Lipinski definition) is 2. The highest BCUT2D eigenvalue weighted by Crippen LogP contribution is 2.17. The van der Waals surface area contributed by atoms with Crippen molar-refractivity contribution in [1.29, 1.82) is 0 Å². The number of amides is 2. The molecular weight excluding hydrogens is 356 g/mol. The Morgan fingerprint density at radius 2 is 1.82 bits per heavy atom. The first-order chi connectivity index (χ1) is 13.4. The molecule has 0 spiro atoms. The second-order valence-electron chi connectivity index (χ2n) is 7.24. The van der Waals surface area contributed by atoms with Gasteiger partial charge in [-0.3, -0.25) is 14.5 Å². The molecule has 1 aliphatic heterocycles. The normalized spacial score (nSPS) is 16.9. The Balaban J connectivity index is 1.74. The van der Waals surface area contributed by atoms with Crippen molar-refractivity contribution >= 4 is 17.5 Å². The van der Waals surface area contributed by atoms with Gasteiger partial charge in [-0.1, -0.05) is 13.8 Å². The van der Waals surface area contributed by atoms with Crippen molar-refractivity contribution in [3.05, 3.63) is 29.8 Å².